The molecule has 0 radical (unpaired) electrons. The van der Waals surface area contributed by atoms with Crippen molar-refractivity contribution in [3.8, 4) is 71.5 Å². The van der Waals surface area contributed by atoms with Gasteiger partial charge in [-0.25, -0.2) is 9.36 Å². The summed E-state index contributed by atoms with van der Waals surface area (Å²) < 4.78 is 25.5. The van der Waals surface area contributed by atoms with Crippen LogP contribution in [0.15, 0.2) is 0 Å². The first-order valence-electron chi connectivity index (χ1n) is 13.8. The van der Waals surface area contributed by atoms with Gasteiger partial charge in [0.05, 0.1) is 6.61 Å². The molecule has 0 aliphatic heterocycles. The lowest BCUT2D eigenvalue weighted by molar-refractivity contribution is -0.158. The van der Waals surface area contributed by atoms with Gasteiger partial charge in [-0.05, 0) is 65.6 Å². The van der Waals surface area contributed by atoms with Gasteiger partial charge in [-0.3, -0.25) is 9.32 Å². The van der Waals surface area contributed by atoms with Crippen molar-refractivity contribution in [1.82, 2.24) is 0 Å². The van der Waals surface area contributed by atoms with E-state index in [9.17, 15) is 14.2 Å². The molecule has 0 fully saturated rings. The Morgan fingerprint density at radius 1 is 0.707 bits per heavy atom. The summed E-state index contributed by atoms with van der Waals surface area (Å²) in [5.74, 6) is 23.7. The Bertz CT molecular complexity index is 1180. The van der Waals surface area contributed by atoms with Crippen molar-refractivity contribution < 1.29 is 37.9 Å². The summed E-state index contributed by atoms with van der Waals surface area (Å²) in [6.45, 7) is 1.07. The van der Waals surface area contributed by atoms with Crippen LogP contribution < -0.4 is 0 Å². The zero-order valence-corrected chi connectivity index (χ0v) is 24.7. The fourth-order valence-electron chi connectivity index (χ4n) is 3.37. The molecule has 0 bridgehead atoms. The fourth-order valence-corrected chi connectivity index (χ4v) is 3.73. The molecule has 0 aromatic heterocycles. The molecule has 0 unspecified atom stereocenters. The number of hydrogen-bond donors (Lipinski definition) is 2. The van der Waals surface area contributed by atoms with Gasteiger partial charge in [0.2, 0.25) is 0 Å². The Hall–Kier alpha value is -3.59. The lowest BCUT2D eigenvalue weighted by atomic mass is 10.0. The fraction of sp³-hybridized carbons (Fsp3) is 0.562. The molecule has 0 saturated carbocycles. The first-order valence-corrected chi connectivity index (χ1v) is 15.3. The number of terminal acetylenes is 1. The molecule has 41 heavy (non-hydrogen) atoms. The van der Waals surface area contributed by atoms with Crippen molar-refractivity contribution in [2.24, 2.45) is 0 Å². The molecule has 0 saturated heterocycles. The Labute approximate surface area is 245 Å². The lowest BCUT2D eigenvalue weighted by Gasteiger charge is -2.17. The summed E-state index contributed by atoms with van der Waals surface area (Å²) in [4.78, 5) is 41.9. The van der Waals surface area contributed by atoms with E-state index in [2.05, 4.69) is 76.6 Å². The second kappa shape index (κ2) is 26.6. The molecular formula is C32H39O8P. The molecule has 8 nitrogen and oxygen atoms in total. The lowest BCUT2D eigenvalue weighted by Crippen LogP contribution is -2.29. The Balaban J connectivity index is 4.35. The second-order valence-electron chi connectivity index (χ2n) is 8.88. The van der Waals surface area contributed by atoms with Crippen molar-refractivity contribution in [3.05, 3.63) is 0 Å². The van der Waals surface area contributed by atoms with E-state index in [1.807, 2.05) is 0 Å². The van der Waals surface area contributed by atoms with Gasteiger partial charge in [-0.15, -0.1) is 6.42 Å². The van der Waals surface area contributed by atoms with Crippen LogP contribution in [0.4, 0.5) is 0 Å². The summed E-state index contributed by atoms with van der Waals surface area (Å²) in [6, 6.07) is 0. The Kier molecular flexibility index (Phi) is 24.3. The van der Waals surface area contributed by atoms with Crippen LogP contribution in [-0.2, 0) is 28.2 Å². The third-order valence-electron chi connectivity index (χ3n) is 5.35. The van der Waals surface area contributed by atoms with Crippen molar-refractivity contribution in [2.45, 2.75) is 103 Å². The van der Waals surface area contributed by atoms with Crippen LogP contribution in [0, 0.1) is 71.5 Å². The molecule has 0 heterocycles. The number of ether oxygens (including phenoxy) is 2. The molecule has 220 valence electrons. The van der Waals surface area contributed by atoms with Crippen LogP contribution in [0.25, 0.3) is 0 Å². The quantitative estimate of drug-likeness (QED) is 0.0698. The van der Waals surface area contributed by atoms with Crippen LogP contribution in [0.3, 0.4) is 0 Å². The molecule has 0 aromatic rings. The van der Waals surface area contributed by atoms with Crippen molar-refractivity contribution in [1.29, 1.82) is 0 Å². The zero-order chi connectivity index (χ0) is 30.4. The molecule has 0 amide bonds. The highest BCUT2D eigenvalue weighted by Gasteiger charge is 2.22. The minimum atomic E-state index is -4.82. The molecule has 9 heteroatoms. The number of hydrogen-bond acceptors (Lipinski definition) is 6. The molecule has 2 N–H and O–H groups in total. The monoisotopic (exact) mass is 582 g/mol. The van der Waals surface area contributed by atoms with Crippen LogP contribution in [0.2, 0.25) is 0 Å². The molecule has 0 spiro atoms. The number of esters is 2. The maximum Gasteiger partial charge on any atom is 0.469 e. The van der Waals surface area contributed by atoms with Gasteiger partial charge in [-0.2, -0.15) is 0 Å². The summed E-state index contributed by atoms with van der Waals surface area (Å²) in [6.07, 6.45) is 19.1. The highest BCUT2D eigenvalue weighted by Crippen LogP contribution is 2.35. The Morgan fingerprint density at radius 3 is 1.66 bits per heavy atom. The van der Waals surface area contributed by atoms with Crippen LogP contribution in [0.5, 0.6) is 0 Å². The predicted molar refractivity (Wildman–Crippen MR) is 157 cm³/mol. The third kappa shape index (κ3) is 29.2. The molecule has 0 rings (SSSR count). The molecule has 0 aliphatic rings. The standard InChI is InChI=1S/C32H39O8P/c1-3-5-7-9-11-13-15-16-17-19-21-23-25-27-32(34)40-30(29-39-41(35,36)37)28-38-31(33)26-24-22-20-18-14-12-10-8-6-4-2/h2,30H,3,5,7,9,11,13,15-17,19,21,23,25,27-29H2,1H3,(H2,35,36,37)/t30-/m1/s1. The maximum absolute atomic E-state index is 12.2. The average Bonchev–Trinajstić information content (AvgIpc) is 2.93. The third-order valence-corrected chi connectivity index (χ3v) is 5.83. The summed E-state index contributed by atoms with van der Waals surface area (Å²) >= 11 is 0. The predicted octanol–water partition coefficient (Wildman–Crippen LogP) is 4.68. The molecule has 0 aromatic carbocycles. The van der Waals surface area contributed by atoms with E-state index in [4.69, 9.17) is 25.7 Å². The Morgan fingerprint density at radius 2 is 1.17 bits per heavy atom. The molecule has 1 atom stereocenters. The largest absolute Gasteiger partial charge is 0.469 e. The van der Waals surface area contributed by atoms with Gasteiger partial charge in [0.1, 0.15) is 6.61 Å². The topological polar surface area (TPSA) is 119 Å². The van der Waals surface area contributed by atoms with Crippen LogP contribution in [0.1, 0.15) is 96.8 Å². The second-order valence-corrected chi connectivity index (χ2v) is 10.1. The van der Waals surface area contributed by atoms with E-state index in [1.165, 1.54) is 57.8 Å². The number of unbranched alkanes of at least 4 members (excludes halogenated alkanes) is 12. The minimum absolute atomic E-state index is 0.134. The van der Waals surface area contributed by atoms with Gasteiger partial charge in [-0.1, -0.05) is 84.0 Å². The number of phosphoric ester groups is 1. The summed E-state index contributed by atoms with van der Waals surface area (Å²) in [7, 11) is -4.82. The average molecular weight is 583 g/mol. The van der Waals surface area contributed by atoms with Crippen molar-refractivity contribution >= 4 is 19.8 Å². The molecular weight excluding hydrogens is 543 g/mol. The number of rotatable bonds is 20. The van der Waals surface area contributed by atoms with E-state index in [0.717, 1.165) is 19.3 Å². The van der Waals surface area contributed by atoms with E-state index in [1.54, 1.807) is 0 Å². The summed E-state index contributed by atoms with van der Waals surface area (Å²) in [5, 5.41) is 0. The summed E-state index contributed by atoms with van der Waals surface area (Å²) in [5.41, 5.74) is 0. The van der Waals surface area contributed by atoms with Gasteiger partial charge in [0, 0.05) is 12.3 Å². The first kappa shape index (κ1) is 37.4. The van der Waals surface area contributed by atoms with E-state index < -0.39 is 39.1 Å². The van der Waals surface area contributed by atoms with Gasteiger partial charge in [0.15, 0.2) is 6.10 Å². The van der Waals surface area contributed by atoms with Gasteiger partial charge in [0.25, 0.3) is 0 Å². The van der Waals surface area contributed by atoms with Crippen molar-refractivity contribution in [2.75, 3.05) is 13.2 Å². The first-order chi connectivity index (χ1) is 19.8. The van der Waals surface area contributed by atoms with Crippen LogP contribution >= 0.6 is 7.82 Å². The van der Waals surface area contributed by atoms with Gasteiger partial charge < -0.3 is 19.3 Å². The normalized spacial score (nSPS) is 10.2. The maximum atomic E-state index is 12.2. The van der Waals surface area contributed by atoms with E-state index in [0.29, 0.717) is 6.42 Å². The number of carbonyl (C=O) groups is 2. The van der Waals surface area contributed by atoms with Crippen molar-refractivity contribution in [3.63, 3.8) is 0 Å². The highest BCUT2D eigenvalue weighted by atomic mass is 31.2. The SMILES string of the molecule is C#CC#CC#CC#CC#CC#CC(=O)OC[C@H](COP(=O)(O)O)OC(=O)CCCCCCCCCCCCCCC. The van der Waals surface area contributed by atoms with Crippen LogP contribution in [-0.4, -0.2) is 41.0 Å². The number of carbonyl (C=O) groups excluding carboxylic acids is 2. The molecule has 0 aliphatic carbocycles. The minimum Gasteiger partial charge on any atom is -0.456 e. The van der Waals surface area contributed by atoms with E-state index >= 15 is 0 Å². The highest BCUT2D eigenvalue weighted by molar-refractivity contribution is 7.46. The number of phosphoric acid groups is 1. The zero-order valence-electron chi connectivity index (χ0n) is 23.8. The van der Waals surface area contributed by atoms with E-state index in [-0.39, 0.29) is 6.42 Å². The smallest absolute Gasteiger partial charge is 0.456 e. The van der Waals surface area contributed by atoms with Gasteiger partial charge >= 0.3 is 19.8 Å².